The number of amides is 1. The molecule has 0 atom stereocenters. The Morgan fingerprint density at radius 2 is 2.11 bits per heavy atom. The van der Waals surface area contributed by atoms with Crippen molar-refractivity contribution < 1.29 is 14.3 Å². The maximum absolute atomic E-state index is 11.5. The summed E-state index contributed by atoms with van der Waals surface area (Å²) in [6.07, 6.45) is 2.81. The van der Waals surface area contributed by atoms with Crippen molar-refractivity contribution >= 4 is 5.91 Å². The highest BCUT2D eigenvalue weighted by Crippen LogP contribution is 2.07. The largest absolute Gasteiger partial charge is 0.378 e. The van der Waals surface area contributed by atoms with Crippen LogP contribution in [0.5, 0.6) is 0 Å². The van der Waals surface area contributed by atoms with Gasteiger partial charge in [-0.05, 0) is 32.9 Å². The van der Waals surface area contributed by atoms with Crippen molar-refractivity contribution in [2.75, 3.05) is 39.5 Å². The van der Waals surface area contributed by atoms with Crippen molar-refractivity contribution in [3.8, 4) is 0 Å². The summed E-state index contributed by atoms with van der Waals surface area (Å²) in [4.78, 5) is 11.5. The van der Waals surface area contributed by atoms with Gasteiger partial charge in [0.15, 0.2) is 0 Å². The quantitative estimate of drug-likeness (QED) is 0.482. The zero-order valence-corrected chi connectivity index (χ0v) is 11.9. The van der Waals surface area contributed by atoms with Crippen LogP contribution in [0, 0.1) is 0 Å². The van der Waals surface area contributed by atoms with Crippen LogP contribution in [0.3, 0.4) is 0 Å². The molecule has 2 N–H and O–H groups in total. The molecule has 0 radical (unpaired) electrons. The smallest absolute Gasteiger partial charge is 0.222 e. The summed E-state index contributed by atoms with van der Waals surface area (Å²) in [5.41, 5.74) is 0.988. The Kier molecular flexibility index (Phi) is 8.45. The maximum atomic E-state index is 11.5. The van der Waals surface area contributed by atoms with Crippen molar-refractivity contribution in [2.24, 2.45) is 0 Å². The van der Waals surface area contributed by atoms with E-state index in [0.29, 0.717) is 38.9 Å². The van der Waals surface area contributed by atoms with Gasteiger partial charge in [0.25, 0.3) is 0 Å². The number of rotatable bonds is 9. The van der Waals surface area contributed by atoms with Crippen LogP contribution in [-0.4, -0.2) is 51.5 Å². The van der Waals surface area contributed by atoms with Crippen LogP contribution in [0.25, 0.3) is 0 Å². The second-order valence-electron chi connectivity index (χ2n) is 4.93. The van der Waals surface area contributed by atoms with Gasteiger partial charge in [0, 0.05) is 13.0 Å². The zero-order valence-electron chi connectivity index (χ0n) is 11.9. The van der Waals surface area contributed by atoms with Gasteiger partial charge in [-0.3, -0.25) is 4.79 Å². The standard InChI is InChI=1S/C14H26N2O3/c1-12(2)11-18-10-8-16-14(17)5-9-19-13-3-6-15-7-4-13/h13,15H,1,3-11H2,2H3,(H,16,17). The lowest BCUT2D eigenvalue weighted by Crippen LogP contribution is -2.33. The minimum absolute atomic E-state index is 0.0212. The summed E-state index contributed by atoms with van der Waals surface area (Å²) in [7, 11) is 0. The Morgan fingerprint density at radius 1 is 1.37 bits per heavy atom. The van der Waals surface area contributed by atoms with Crippen LogP contribution in [-0.2, 0) is 14.3 Å². The number of carbonyl (C=O) groups excluding carboxylic acids is 1. The van der Waals surface area contributed by atoms with Gasteiger partial charge >= 0.3 is 0 Å². The first kappa shape index (κ1) is 16.1. The van der Waals surface area contributed by atoms with Crippen LogP contribution in [0.15, 0.2) is 12.2 Å². The van der Waals surface area contributed by atoms with Crippen molar-refractivity contribution in [2.45, 2.75) is 32.3 Å². The van der Waals surface area contributed by atoms with Gasteiger partial charge in [-0.1, -0.05) is 12.2 Å². The van der Waals surface area contributed by atoms with Gasteiger partial charge in [-0.25, -0.2) is 0 Å². The SMILES string of the molecule is C=C(C)COCCNC(=O)CCOC1CCNCC1. The van der Waals surface area contributed by atoms with E-state index in [1.165, 1.54) is 0 Å². The Bertz CT molecular complexity index is 276. The summed E-state index contributed by atoms with van der Waals surface area (Å²) in [6, 6.07) is 0. The first-order valence-electron chi connectivity index (χ1n) is 6.99. The number of piperidine rings is 1. The molecule has 0 aromatic carbocycles. The number of nitrogens with one attached hydrogen (secondary N) is 2. The second-order valence-corrected chi connectivity index (χ2v) is 4.93. The topological polar surface area (TPSA) is 59.6 Å². The van der Waals surface area contributed by atoms with E-state index in [1.807, 2.05) is 6.92 Å². The van der Waals surface area contributed by atoms with E-state index in [-0.39, 0.29) is 5.91 Å². The lowest BCUT2D eigenvalue weighted by atomic mass is 10.1. The molecule has 5 heteroatoms. The highest BCUT2D eigenvalue weighted by Gasteiger charge is 2.13. The second kappa shape index (κ2) is 9.95. The number of hydrogen-bond donors (Lipinski definition) is 2. The first-order valence-corrected chi connectivity index (χ1v) is 6.99. The first-order chi connectivity index (χ1) is 9.18. The number of ether oxygens (including phenoxy) is 2. The molecule has 0 spiro atoms. The Balaban J connectivity index is 1.91. The highest BCUT2D eigenvalue weighted by atomic mass is 16.5. The predicted molar refractivity (Wildman–Crippen MR) is 75.1 cm³/mol. The van der Waals surface area contributed by atoms with Crippen LogP contribution in [0.4, 0.5) is 0 Å². The molecule has 110 valence electrons. The van der Waals surface area contributed by atoms with E-state index < -0.39 is 0 Å². The maximum Gasteiger partial charge on any atom is 0.222 e. The predicted octanol–water partition coefficient (Wildman–Crippen LogP) is 0.854. The van der Waals surface area contributed by atoms with E-state index >= 15 is 0 Å². The third-order valence-corrected chi connectivity index (χ3v) is 2.89. The number of hydrogen-bond acceptors (Lipinski definition) is 4. The summed E-state index contributed by atoms with van der Waals surface area (Å²) in [6.45, 7) is 9.79. The molecule has 0 unspecified atom stereocenters. The average Bonchev–Trinajstić information content (AvgIpc) is 2.39. The zero-order chi connectivity index (χ0) is 13.9. The van der Waals surface area contributed by atoms with Gasteiger partial charge < -0.3 is 20.1 Å². The van der Waals surface area contributed by atoms with Gasteiger partial charge in [0.2, 0.25) is 5.91 Å². The van der Waals surface area contributed by atoms with E-state index in [0.717, 1.165) is 31.5 Å². The third kappa shape index (κ3) is 8.75. The lowest BCUT2D eigenvalue weighted by Gasteiger charge is -2.22. The highest BCUT2D eigenvalue weighted by molar-refractivity contribution is 5.75. The van der Waals surface area contributed by atoms with Crippen molar-refractivity contribution in [1.82, 2.24) is 10.6 Å². The Labute approximate surface area is 115 Å². The minimum Gasteiger partial charge on any atom is -0.378 e. The fraction of sp³-hybridized carbons (Fsp3) is 0.786. The van der Waals surface area contributed by atoms with Crippen LogP contribution < -0.4 is 10.6 Å². The van der Waals surface area contributed by atoms with Gasteiger partial charge in [0.05, 0.1) is 25.9 Å². The fourth-order valence-electron chi connectivity index (χ4n) is 1.88. The molecule has 0 aliphatic carbocycles. The minimum atomic E-state index is 0.0212. The normalized spacial score (nSPS) is 16.3. The molecule has 5 nitrogen and oxygen atoms in total. The van der Waals surface area contributed by atoms with Crippen molar-refractivity contribution in [3.05, 3.63) is 12.2 Å². The molecule has 0 saturated carbocycles. The van der Waals surface area contributed by atoms with Gasteiger partial charge in [-0.15, -0.1) is 0 Å². The molecule has 1 heterocycles. The summed E-state index contributed by atoms with van der Waals surface area (Å²) in [5.74, 6) is 0.0212. The Morgan fingerprint density at radius 3 is 2.79 bits per heavy atom. The van der Waals surface area contributed by atoms with Crippen LogP contribution in [0.1, 0.15) is 26.2 Å². The molecule has 19 heavy (non-hydrogen) atoms. The molecule has 0 aromatic rings. The molecule has 0 aromatic heterocycles. The molecular weight excluding hydrogens is 244 g/mol. The van der Waals surface area contributed by atoms with E-state index in [4.69, 9.17) is 9.47 Å². The van der Waals surface area contributed by atoms with Crippen LogP contribution >= 0.6 is 0 Å². The summed E-state index contributed by atoms with van der Waals surface area (Å²) in [5, 5.41) is 6.09. The van der Waals surface area contributed by atoms with Gasteiger partial charge in [0.1, 0.15) is 0 Å². The van der Waals surface area contributed by atoms with E-state index in [9.17, 15) is 4.79 Å². The molecule has 1 aliphatic rings. The summed E-state index contributed by atoms with van der Waals surface area (Å²) < 4.78 is 11.0. The molecule has 1 aliphatic heterocycles. The molecule has 1 amide bonds. The number of carbonyl (C=O) groups is 1. The van der Waals surface area contributed by atoms with Crippen molar-refractivity contribution in [1.29, 1.82) is 0 Å². The molecule has 1 fully saturated rings. The van der Waals surface area contributed by atoms with Crippen molar-refractivity contribution in [3.63, 3.8) is 0 Å². The molecule has 1 saturated heterocycles. The lowest BCUT2D eigenvalue weighted by molar-refractivity contribution is -0.123. The summed E-state index contributed by atoms with van der Waals surface area (Å²) >= 11 is 0. The van der Waals surface area contributed by atoms with E-state index in [1.54, 1.807) is 0 Å². The Hall–Kier alpha value is -0.910. The monoisotopic (exact) mass is 270 g/mol. The molecule has 1 rings (SSSR count). The van der Waals surface area contributed by atoms with Gasteiger partial charge in [-0.2, -0.15) is 0 Å². The molecular formula is C14H26N2O3. The van der Waals surface area contributed by atoms with E-state index in [2.05, 4.69) is 17.2 Å². The fourth-order valence-corrected chi connectivity index (χ4v) is 1.88. The van der Waals surface area contributed by atoms with Crippen LogP contribution in [0.2, 0.25) is 0 Å². The average molecular weight is 270 g/mol. The third-order valence-electron chi connectivity index (χ3n) is 2.89. The molecule has 0 bridgehead atoms.